The van der Waals surface area contributed by atoms with Gasteiger partial charge in [-0.25, -0.2) is 4.98 Å². The Morgan fingerprint density at radius 1 is 1.24 bits per heavy atom. The monoisotopic (exact) mass is 246 g/mol. The van der Waals surface area contributed by atoms with Gasteiger partial charge >= 0.3 is 0 Å². The number of hydrogen-bond donors (Lipinski definition) is 1. The Kier molecular flexibility index (Phi) is 3.79. The molecule has 2 rings (SSSR count). The normalized spacial score (nSPS) is 12.7. The summed E-state index contributed by atoms with van der Waals surface area (Å²) in [7, 11) is 0. The maximum Gasteiger partial charge on any atom is 0.115 e. The van der Waals surface area contributed by atoms with Crippen LogP contribution in [0, 0.1) is 0 Å². The first-order valence-corrected chi connectivity index (χ1v) is 6.80. The summed E-state index contributed by atoms with van der Waals surface area (Å²) in [5.41, 5.74) is 2.53. The van der Waals surface area contributed by atoms with Crippen molar-refractivity contribution >= 4 is 17.0 Å². The van der Waals surface area contributed by atoms with Crippen LogP contribution in [0.4, 0.5) is 5.69 Å². The first-order chi connectivity index (χ1) is 8.16. The zero-order valence-corrected chi connectivity index (χ0v) is 11.3. The van der Waals surface area contributed by atoms with E-state index in [9.17, 15) is 0 Å². The van der Waals surface area contributed by atoms with E-state index in [4.69, 9.17) is 0 Å². The van der Waals surface area contributed by atoms with E-state index in [-0.39, 0.29) is 6.04 Å². The molecule has 0 saturated heterocycles. The lowest BCUT2D eigenvalue weighted by Gasteiger charge is -2.14. The van der Waals surface area contributed by atoms with Gasteiger partial charge in [-0.15, -0.1) is 11.3 Å². The molecule has 0 aliphatic carbocycles. The zero-order valence-electron chi connectivity index (χ0n) is 10.5. The Balaban J connectivity index is 2.11. The van der Waals surface area contributed by atoms with E-state index in [1.807, 2.05) is 11.6 Å². The molecule has 0 aliphatic rings. The second-order valence-corrected chi connectivity index (χ2v) is 5.44. The van der Waals surface area contributed by atoms with Crippen LogP contribution in [0.3, 0.4) is 0 Å². The Labute approximate surface area is 107 Å². The molecule has 1 aromatic heterocycles. The van der Waals surface area contributed by atoms with Crippen molar-refractivity contribution in [1.29, 1.82) is 0 Å². The number of rotatable bonds is 4. The molecule has 0 amide bonds. The third-order valence-electron chi connectivity index (χ3n) is 2.76. The van der Waals surface area contributed by atoms with E-state index < -0.39 is 0 Å². The van der Waals surface area contributed by atoms with E-state index in [0.717, 1.165) is 5.01 Å². The van der Waals surface area contributed by atoms with E-state index in [1.165, 1.54) is 11.3 Å². The van der Waals surface area contributed by atoms with Crippen molar-refractivity contribution in [2.45, 2.75) is 32.7 Å². The number of aromatic nitrogens is 1. The van der Waals surface area contributed by atoms with Crippen LogP contribution in [0.2, 0.25) is 0 Å². The van der Waals surface area contributed by atoms with Gasteiger partial charge < -0.3 is 5.32 Å². The van der Waals surface area contributed by atoms with Crippen LogP contribution in [-0.4, -0.2) is 4.98 Å². The first-order valence-electron chi connectivity index (χ1n) is 5.92. The summed E-state index contributed by atoms with van der Waals surface area (Å²) in [6.07, 6.45) is 1.85. The average molecular weight is 246 g/mol. The van der Waals surface area contributed by atoms with Gasteiger partial charge in [0.1, 0.15) is 5.01 Å². The number of anilines is 1. The summed E-state index contributed by atoms with van der Waals surface area (Å²) in [6.45, 7) is 6.56. The van der Waals surface area contributed by atoms with Gasteiger partial charge in [0.25, 0.3) is 0 Å². The molecule has 0 radical (unpaired) electrons. The van der Waals surface area contributed by atoms with Gasteiger partial charge in [-0.1, -0.05) is 26.0 Å². The second-order valence-electron chi connectivity index (χ2n) is 4.52. The summed E-state index contributed by atoms with van der Waals surface area (Å²) in [5.74, 6) is 0.562. The molecule has 17 heavy (non-hydrogen) atoms. The molecule has 0 aliphatic heterocycles. The minimum absolute atomic E-state index is 0.261. The van der Waals surface area contributed by atoms with E-state index in [1.54, 1.807) is 11.3 Å². The number of benzene rings is 1. The van der Waals surface area contributed by atoms with E-state index in [2.05, 4.69) is 55.3 Å². The molecular formula is C14H18N2S. The van der Waals surface area contributed by atoms with Crippen molar-refractivity contribution in [3.05, 3.63) is 46.4 Å². The minimum atomic E-state index is 0.261. The first kappa shape index (κ1) is 12.1. The molecule has 2 aromatic rings. The summed E-state index contributed by atoms with van der Waals surface area (Å²) in [5, 5.41) is 6.62. The standard InChI is InChI=1S/C14H18N2S/c1-10(2)12-5-4-6-13(9-12)16-11(3)14-15-7-8-17-14/h4-11,16H,1-3H3. The molecular weight excluding hydrogens is 228 g/mol. The van der Waals surface area contributed by atoms with Crippen LogP contribution in [-0.2, 0) is 0 Å². The number of nitrogens with zero attached hydrogens (tertiary/aromatic N) is 1. The largest absolute Gasteiger partial charge is 0.376 e. The van der Waals surface area contributed by atoms with Crippen LogP contribution in [0.1, 0.15) is 43.3 Å². The molecule has 1 atom stereocenters. The smallest absolute Gasteiger partial charge is 0.115 e. The molecule has 1 aromatic carbocycles. The molecule has 0 spiro atoms. The molecule has 0 fully saturated rings. The van der Waals surface area contributed by atoms with Crippen molar-refractivity contribution in [2.75, 3.05) is 5.32 Å². The Morgan fingerprint density at radius 2 is 2.06 bits per heavy atom. The summed E-state index contributed by atoms with van der Waals surface area (Å²) in [6, 6.07) is 8.86. The number of hydrogen-bond acceptors (Lipinski definition) is 3. The van der Waals surface area contributed by atoms with Gasteiger partial charge in [0.05, 0.1) is 6.04 Å². The molecule has 0 bridgehead atoms. The van der Waals surface area contributed by atoms with Gasteiger partial charge in [-0.2, -0.15) is 0 Å². The topological polar surface area (TPSA) is 24.9 Å². The molecule has 1 heterocycles. The van der Waals surface area contributed by atoms with Crippen molar-refractivity contribution in [3.63, 3.8) is 0 Å². The van der Waals surface area contributed by atoms with Crippen molar-refractivity contribution < 1.29 is 0 Å². The Bertz CT molecular complexity index is 463. The third kappa shape index (κ3) is 3.07. The molecule has 1 unspecified atom stereocenters. The van der Waals surface area contributed by atoms with E-state index >= 15 is 0 Å². The number of thiazole rings is 1. The molecule has 0 saturated carbocycles. The van der Waals surface area contributed by atoms with Crippen LogP contribution in [0.5, 0.6) is 0 Å². The molecule has 90 valence electrons. The predicted octanol–water partition coefficient (Wildman–Crippen LogP) is 4.44. The quantitative estimate of drug-likeness (QED) is 0.862. The molecule has 2 nitrogen and oxygen atoms in total. The lowest BCUT2D eigenvalue weighted by atomic mass is 10.0. The third-order valence-corrected chi connectivity index (χ3v) is 3.72. The van der Waals surface area contributed by atoms with Gasteiger partial charge in [-0.3, -0.25) is 0 Å². The van der Waals surface area contributed by atoms with Crippen molar-refractivity contribution in [1.82, 2.24) is 4.98 Å². The summed E-state index contributed by atoms with van der Waals surface area (Å²) < 4.78 is 0. The highest BCUT2D eigenvalue weighted by atomic mass is 32.1. The van der Waals surface area contributed by atoms with Crippen molar-refractivity contribution in [2.24, 2.45) is 0 Å². The van der Waals surface area contributed by atoms with Gasteiger partial charge in [0.15, 0.2) is 0 Å². The predicted molar refractivity (Wildman–Crippen MR) is 74.7 cm³/mol. The summed E-state index contributed by atoms with van der Waals surface area (Å²) in [4.78, 5) is 4.33. The van der Waals surface area contributed by atoms with E-state index in [0.29, 0.717) is 5.92 Å². The SMILES string of the molecule is CC(C)c1cccc(NC(C)c2nccs2)c1. The van der Waals surface area contributed by atoms with Gasteiger partial charge in [-0.05, 0) is 30.5 Å². The average Bonchev–Trinajstić information content (AvgIpc) is 2.82. The fourth-order valence-electron chi connectivity index (χ4n) is 1.75. The summed E-state index contributed by atoms with van der Waals surface area (Å²) >= 11 is 1.69. The molecule has 3 heteroatoms. The zero-order chi connectivity index (χ0) is 12.3. The second kappa shape index (κ2) is 5.32. The van der Waals surface area contributed by atoms with Gasteiger partial charge in [0, 0.05) is 17.3 Å². The number of nitrogens with one attached hydrogen (secondary N) is 1. The maximum absolute atomic E-state index is 4.33. The van der Waals surface area contributed by atoms with Crippen molar-refractivity contribution in [3.8, 4) is 0 Å². The highest BCUT2D eigenvalue weighted by Crippen LogP contribution is 2.23. The Hall–Kier alpha value is -1.35. The molecule has 1 N–H and O–H groups in total. The maximum atomic E-state index is 4.33. The highest BCUT2D eigenvalue weighted by Gasteiger charge is 2.08. The van der Waals surface area contributed by atoms with Crippen LogP contribution >= 0.6 is 11.3 Å². The van der Waals surface area contributed by atoms with Gasteiger partial charge in [0.2, 0.25) is 0 Å². The lowest BCUT2D eigenvalue weighted by molar-refractivity contribution is 0.854. The minimum Gasteiger partial charge on any atom is -0.376 e. The highest BCUT2D eigenvalue weighted by molar-refractivity contribution is 7.09. The van der Waals surface area contributed by atoms with Crippen LogP contribution < -0.4 is 5.32 Å². The Morgan fingerprint density at radius 3 is 2.71 bits per heavy atom. The fraction of sp³-hybridized carbons (Fsp3) is 0.357. The van der Waals surface area contributed by atoms with Crippen LogP contribution in [0.25, 0.3) is 0 Å². The fourth-order valence-corrected chi connectivity index (χ4v) is 2.39. The lowest BCUT2D eigenvalue weighted by Crippen LogP contribution is -2.06. The van der Waals surface area contributed by atoms with Crippen LogP contribution in [0.15, 0.2) is 35.8 Å².